The van der Waals surface area contributed by atoms with Crippen LogP contribution in [0.15, 0.2) is 67.0 Å². The Hall–Kier alpha value is -4.31. The quantitative estimate of drug-likeness (QED) is 0.291. The van der Waals surface area contributed by atoms with Crippen LogP contribution >= 0.6 is 0 Å². The first-order chi connectivity index (χ1) is 17.4. The first-order valence-corrected chi connectivity index (χ1v) is 11.6. The fourth-order valence-corrected chi connectivity index (χ4v) is 4.18. The predicted molar refractivity (Wildman–Crippen MR) is 135 cm³/mol. The fraction of sp³-hybridized carbons (Fsp3) is 0.269. The maximum atomic E-state index is 13.0. The number of anilines is 2. The van der Waals surface area contributed by atoms with E-state index >= 15 is 0 Å². The molecular weight excluding hydrogens is 462 g/mol. The molecule has 1 aliphatic heterocycles. The summed E-state index contributed by atoms with van der Waals surface area (Å²) in [6, 6.07) is 15.0. The molecule has 0 bridgehead atoms. The van der Waals surface area contributed by atoms with Gasteiger partial charge in [-0.3, -0.25) is 24.8 Å². The SMILES string of the molecule is COC(=O)c1cc(C(=O)Nc2ccccc2N2CCN(CCc3ccncc3)CC2)cc([N+](=O)[O-])c1. The van der Waals surface area contributed by atoms with Crippen LogP contribution in [0.5, 0.6) is 0 Å². The van der Waals surface area contributed by atoms with Crippen molar-refractivity contribution < 1.29 is 19.2 Å². The molecule has 1 fully saturated rings. The number of hydrogen-bond donors (Lipinski definition) is 1. The van der Waals surface area contributed by atoms with Gasteiger partial charge >= 0.3 is 5.97 Å². The van der Waals surface area contributed by atoms with Gasteiger partial charge in [-0.1, -0.05) is 12.1 Å². The number of carbonyl (C=O) groups excluding carboxylic acids is 2. The lowest BCUT2D eigenvalue weighted by molar-refractivity contribution is -0.384. The third-order valence-electron chi connectivity index (χ3n) is 6.14. The lowest BCUT2D eigenvalue weighted by Gasteiger charge is -2.37. The Balaban J connectivity index is 1.44. The van der Waals surface area contributed by atoms with Gasteiger partial charge in [0, 0.05) is 62.8 Å². The number of aromatic nitrogens is 1. The minimum atomic E-state index is -0.755. The fourth-order valence-electron chi connectivity index (χ4n) is 4.18. The number of esters is 1. The number of non-ortho nitro benzene ring substituents is 1. The molecule has 10 nitrogen and oxygen atoms in total. The molecule has 1 N–H and O–H groups in total. The van der Waals surface area contributed by atoms with Gasteiger partial charge in [0.05, 0.1) is 29.0 Å². The maximum absolute atomic E-state index is 13.0. The number of amides is 1. The molecule has 10 heteroatoms. The maximum Gasteiger partial charge on any atom is 0.338 e. The van der Waals surface area contributed by atoms with Crippen LogP contribution in [0.1, 0.15) is 26.3 Å². The summed E-state index contributed by atoms with van der Waals surface area (Å²) in [5.41, 5.74) is 2.31. The number of carbonyl (C=O) groups is 2. The molecule has 3 aromatic rings. The van der Waals surface area contributed by atoms with E-state index in [9.17, 15) is 19.7 Å². The minimum absolute atomic E-state index is 0.000310. The Labute approximate surface area is 208 Å². The number of hydrogen-bond acceptors (Lipinski definition) is 8. The summed E-state index contributed by atoms with van der Waals surface area (Å²) in [6.45, 7) is 4.34. The number of nitrogens with zero attached hydrogens (tertiary/aromatic N) is 4. The summed E-state index contributed by atoms with van der Waals surface area (Å²) < 4.78 is 4.67. The van der Waals surface area contributed by atoms with Crippen molar-refractivity contribution in [1.29, 1.82) is 0 Å². The molecule has 0 unspecified atom stereocenters. The first-order valence-electron chi connectivity index (χ1n) is 11.6. The van der Waals surface area contributed by atoms with Crippen LogP contribution in [0.25, 0.3) is 0 Å². The Morgan fingerprint density at radius 3 is 2.42 bits per heavy atom. The van der Waals surface area contributed by atoms with Crippen molar-refractivity contribution >= 4 is 28.9 Å². The van der Waals surface area contributed by atoms with Crippen molar-refractivity contribution in [2.45, 2.75) is 6.42 Å². The highest BCUT2D eigenvalue weighted by Crippen LogP contribution is 2.28. The van der Waals surface area contributed by atoms with Gasteiger partial charge in [-0.05, 0) is 42.3 Å². The van der Waals surface area contributed by atoms with Gasteiger partial charge in [0.1, 0.15) is 0 Å². The van der Waals surface area contributed by atoms with Crippen molar-refractivity contribution in [3.8, 4) is 0 Å². The van der Waals surface area contributed by atoms with E-state index in [1.54, 1.807) is 6.07 Å². The van der Waals surface area contributed by atoms with Crippen LogP contribution in [0, 0.1) is 10.1 Å². The van der Waals surface area contributed by atoms with E-state index in [0.29, 0.717) is 5.69 Å². The smallest absolute Gasteiger partial charge is 0.338 e. The number of piperazine rings is 1. The van der Waals surface area contributed by atoms with E-state index in [1.807, 2.05) is 42.7 Å². The van der Waals surface area contributed by atoms with Crippen LogP contribution < -0.4 is 10.2 Å². The van der Waals surface area contributed by atoms with Gasteiger partial charge in [-0.2, -0.15) is 0 Å². The molecule has 0 radical (unpaired) electrons. The van der Waals surface area contributed by atoms with E-state index in [1.165, 1.54) is 18.7 Å². The van der Waals surface area contributed by atoms with Crippen molar-refractivity contribution in [2.75, 3.05) is 50.1 Å². The largest absolute Gasteiger partial charge is 0.465 e. The van der Waals surface area contributed by atoms with Gasteiger partial charge in [-0.25, -0.2) is 4.79 Å². The number of benzene rings is 2. The zero-order valence-corrected chi connectivity index (χ0v) is 19.9. The molecule has 0 aliphatic carbocycles. The summed E-state index contributed by atoms with van der Waals surface area (Å²) in [5, 5.41) is 14.2. The lowest BCUT2D eigenvalue weighted by Crippen LogP contribution is -2.47. The van der Waals surface area contributed by atoms with Crippen molar-refractivity contribution in [2.24, 2.45) is 0 Å². The Morgan fingerprint density at radius 1 is 1.03 bits per heavy atom. The second kappa shape index (κ2) is 11.4. The first kappa shape index (κ1) is 24.8. The van der Waals surface area contributed by atoms with Crippen molar-refractivity contribution in [1.82, 2.24) is 9.88 Å². The highest BCUT2D eigenvalue weighted by Gasteiger charge is 2.22. The van der Waals surface area contributed by atoms with E-state index in [0.717, 1.165) is 57.0 Å². The van der Waals surface area contributed by atoms with Gasteiger partial charge in [-0.15, -0.1) is 0 Å². The highest BCUT2D eigenvalue weighted by atomic mass is 16.6. The van der Waals surface area contributed by atoms with Crippen LogP contribution in [0.2, 0.25) is 0 Å². The van der Waals surface area contributed by atoms with Crippen LogP contribution in [0.4, 0.5) is 17.1 Å². The number of ether oxygens (including phenoxy) is 1. The number of methoxy groups -OCH3 is 1. The molecule has 2 heterocycles. The molecule has 0 saturated carbocycles. The normalized spacial score (nSPS) is 13.8. The Bertz CT molecular complexity index is 1240. The second-order valence-electron chi connectivity index (χ2n) is 8.42. The highest BCUT2D eigenvalue weighted by molar-refractivity contribution is 6.07. The van der Waals surface area contributed by atoms with E-state index in [-0.39, 0.29) is 16.8 Å². The molecule has 186 valence electrons. The Morgan fingerprint density at radius 2 is 1.72 bits per heavy atom. The monoisotopic (exact) mass is 489 g/mol. The molecule has 1 aromatic heterocycles. The second-order valence-corrected chi connectivity index (χ2v) is 8.42. The van der Waals surface area contributed by atoms with Crippen molar-refractivity contribution in [3.05, 3.63) is 93.8 Å². The Kier molecular flexibility index (Phi) is 7.86. The number of nitrogens with one attached hydrogen (secondary N) is 1. The summed E-state index contributed by atoms with van der Waals surface area (Å²) in [7, 11) is 1.18. The minimum Gasteiger partial charge on any atom is -0.465 e. The molecule has 0 atom stereocenters. The van der Waals surface area contributed by atoms with Gasteiger partial charge in [0.15, 0.2) is 0 Å². The predicted octanol–water partition coefficient (Wildman–Crippen LogP) is 3.39. The third kappa shape index (κ3) is 6.02. The summed E-state index contributed by atoms with van der Waals surface area (Å²) in [5.74, 6) is -1.30. The molecular formula is C26H27N5O5. The third-order valence-corrected chi connectivity index (χ3v) is 6.14. The zero-order valence-electron chi connectivity index (χ0n) is 19.9. The summed E-state index contributed by atoms with van der Waals surface area (Å²) in [4.78, 5) is 44.3. The van der Waals surface area contributed by atoms with Gasteiger partial charge in [0.2, 0.25) is 0 Å². The van der Waals surface area contributed by atoms with Gasteiger partial charge < -0.3 is 15.0 Å². The van der Waals surface area contributed by atoms with Crippen LogP contribution in [0.3, 0.4) is 0 Å². The zero-order chi connectivity index (χ0) is 25.5. The molecule has 4 rings (SSSR count). The van der Waals surface area contributed by atoms with Crippen LogP contribution in [-0.4, -0.2) is 66.5 Å². The molecule has 2 aromatic carbocycles. The van der Waals surface area contributed by atoms with Crippen molar-refractivity contribution in [3.63, 3.8) is 0 Å². The van der Waals surface area contributed by atoms with E-state index in [2.05, 4.69) is 24.8 Å². The summed E-state index contributed by atoms with van der Waals surface area (Å²) in [6.07, 6.45) is 4.58. The molecule has 1 saturated heterocycles. The number of nitro benzene ring substituents is 1. The molecule has 0 spiro atoms. The van der Waals surface area contributed by atoms with Crippen LogP contribution in [-0.2, 0) is 11.2 Å². The standard InChI is InChI=1S/C26H27N5O5/c1-36-26(33)21-16-20(17-22(18-21)31(34)35)25(32)28-23-4-2-3-5-24(23)30-14-12-29(13-15-30)11-8-19-6-9-27-10-7-19/h2-7,9-10,16-18H,8,11-15H2,1H3,(H,28,32). The summed E-state index contributed by atoms with van der Waals surface area (Å²) >= 11 is 0. The van der Waals surface area contributed by atoms with E-state index < -0.39 is 16.8 Å². The van der Waals surface area contributed by atoms with E-state index in [4.69, 9.17) is 0 Å². The lowest BCUT2D eigenvalue weighted by atomic mass is 10.1. The van der Waals surface area contributed by atoms with Gasteiger partial charge in [0.25, 0.3) is 11.6 Å². The molecule has 1 aliphatic rings. The molecule has 36 heavy (non-hydrogen) atoms. The number of rotatable bonds is 8. The average Bonchev–Trinajstić information content (AvgIpc) is 2.92. The number of pyridine rings is 1. The average molecular weight is 490 g/mol. The number of nitro groups is 1. The topological polar surface area (TPSA) is 118 Å². The molecule has 1 amide bonds. The number of para-hydroxylation sites is 2.